The second-order valence-electron chi connectivity index (χ2n) is 5.27. The number of hydrogen-bond acceptors (Lipinski definition) is 7. The number of nitrogens with one attached hydrogen (secondary N) is 3. The maximum absolute atomic E-state index is 12.0. The molecule has 0 saturated heterocycles. The number of carboxylic acid groups (broad SMARTS) is 2. The SMILES string of the molecule is CC(NC(=O)C(N)CC(=O)O)C(=O)NC(C(=O)NCC(=O)O)C(C)O. The molecule has 142 valence electrons. The summed E-state index contributed by atoms with van der Waals surface area (Å²) < 4.78 is 0. The minimum atomic E-state index is -1.45. The second kappa shape index (κ2) is 10.2. The van der Waals surface area contributed by atoms with Crippen molar-refractivity contribution in [2.45, 2.75) is 44.5 Å². The Labute approximate surface area is 142 Å². The van der Waals surface area contributed by atoms with E-state index in [1.165, 1.54) is 13.8 Å². The molecule has 0 rings (SSSR count). The molecular formula is C13H22N4O8. The van der Waals surface area contributed by atoms with Crippen molar-refractivity contribution >= 4 is 29.7 Å². The predicted molar refractivity (Wildman–Crippen MR) is 82.1 cm³/mol. The number of aliphatic hydroxyl groups is 1. The molecule has 0 fully saturated rings. The quantitative estimate of drug-likeness (QED) is 0.204. The Morgan fingerprint density at radius 1 is 0.920 bits per heavy atom. The molecule has 4 atom stereocenters. The van der Waals surface area contributed by atoms with E-state index in [2.05, 4.69) is 10.6 Å². The van der Waals surface area contributed by atoms with E-state index >= 15 is 0 Å². The van der Waals surface area contributed by atoms with Gasteiger partial charge in [-0.05, 0) is 13.8 Å². The van der Waals surface area contributed by atoms with Gasteiger partial charge in [-0.15, -0.1) is 0 Å². The summed E-state index contributed by atoms with van der Waals surface area (Å²) >= 11 is 0. The number of aliphatic carboxylic acids is 2. The number of carbonyl (C=O) groups excluding carboxylic acids is 3. The molecule has 0 radical (unpaired) electrons. The van der Waals surface area contributed by atoms with Crippen LogP contribution >= 0.6 is 0 Å². The van der Waals surface area contributed by atoms with Gasteiger partial charge in [0.15, 0.2) is 0 Å². The Morgan fingerprint density at radius 3 is 1.92 bits per heavy atom. The molecule has 8 N–H and O–H groups in total. The van der Waals surface area contributed by atoms with E-state index in [4.69, 9.17) is 15.9 Å². The van der Waals surface area contributed by atoms with E-state index < -0.39 is 66.9 Å². The highest BCUT2D eigenvalue weighted by Crippen LogP contribution is 1.96. The molecule has 0 bridgehead atoms. The molecule has 4 unspecified atom stereocenters. The summed E-state index contributed by atoms with van der Waals surface area (Å²) in [6, 6.07) is -3.99. The zero-order valence-electron chi connectivity index (χ0n) is 13.7. The number of carbonyl (C=O) groups is 5. The third-order valence-electron chi connectivity index (χ3n) is 2.96. The first-order valence-corrected chi connectivity index (χ1v) is 7.21. The lowest BCUT2D eigenvalue weighted by Gasteiger charge is -2.23. The molecule has 12 nitrogen and oxygen atoms in total. The predicted octanol–water partition coefficient (Wildman–Crippen LogP) is -3.64. The van der Waals surface area contributed by atoms with Crippen LogP contribution in [0.25, 0.3) is 0 Å². The zero-order valence-corrected chi connectivity index (χ0v) is 13.7. The summed E-state index contributed by atoms with van der Waals surface area (Å²) in [6.45, 7) is 1.76. The van der Waals surface area contributed by atoms with Crippen molar-refractivity contribution in [3.05, 3.63) is 0 Å². The van der Waals surface area contributed by atoms with Crippen LogP contribution in [0.3, 0.4) is 0 Å². The molecular weight excluding hydrogens is 340 g/mol. The summed E-state index contributed by atoms with van der Waals surface area (Å²) in [5, 5.41) is 32.9. The lowest BCUT2D eigenvalue weighted by molar-refractivity contribution is -0.140. The molecule has 0 saturated carbocycles. The van der Waals surface area contributed by atoms with Crippen molar-refractivity contribution in [2.75, 3.05) is 6.54 Å². The third kappa shape index (κ3) is 8.62. The van der Waals surface area contributed by atoms with Crippen LogP contribution in [-0.2, 0) is 24.0 Å². The molecule has 0 aromatic rings. The Kier molecular flexibility index (Phi) is 9.09. The Bertz CT molecular complexity index is 536. The molecule has 3 amide bonds. The maximum atomic E-state index is 12.0. The van der Waals surface area contributed by atoms with Crippen molar-refractivity contribution in [1.82, 2.24) is 16.0 Å². The number of hydrogen-bond donors (Lipinski definition) is 7. The van der Waals surface area contributed by atoms with Gasteiger partial charge in [0.1, 0.15) is 18.6 Å². The van der Waals surface area contributed by atoms with Crippen molar-refractivity contribution in [3.63, 3.8) is 0 Å². The van der Waals surface area contributed by atoms with E-state index in [-0.39, 0.29) is 0 Å². The fraction of sp³-hybridized carbons (Fsp3) is 0.615. The second-order valence-corrected chi connectivity index (χ2v) is 5.27. The maximum Gasteiger partial charge on any atom is 0.322 e. The molecule has 0 aliphatic rings. The van der Waals surface area contributed by atoms with Gasteiger partial charge in [-0.1, -0.05) is 0 Å². The number of nitrogens with two attached hydrogens (primary N) is 1. The summed E-state index contributed by atoms with van der Waals surface area (Å²) in [6.07, 6.45) is -1.97. The van der Waals surface area contributed by atoms with Gasteiger partial charge >= 0.3 is 11.9 Å². The largest absolute Gasteiger partial charge is 0.481 e. The third-order valence-corrected chi connectivity index (χ3v) is 2.96. The van der Waals surface area contributed by atoms with E-state index in [0.717, 1.165) is 0 Å². The first kappa shape index (κ1) is 22.3. The van der Waals surface area contributed by atoms with Crippen molar-refractivity contribution in [2.24, 2.45) is 5.73 Å². The molecule has 0 aliphatic heterocycles. The lowest BCUT2D eigenvalue weighted by atomic mass is 10.1. The first-order chi connectivity index (χ1) is 11.5. The Hall–Kier alpha value is -2.73. The normalized spacial score (nSPS) is 15.2. The van der Waals surface area contributed by atoms with Gasteiger partial charge in [0.25, 0.3) is 0 Å². The van der Waals surface area contributed by atoms with E-state index in [1.54, 1.807) is 0 Å². The van der Waals surface area contributed by atoms with Crippen LogP contribution in [0.5, 0.6) is 0 Å². The van der Waals surface area contributed by atoms with Crippen LogP contribution in [-0.4, -0.2) is 75.8 Å². The van der Waals surface area contributed by atoms with Gasteiger partial charge < -0.3 is 37.0 Å². The first-order valence-electron chi connectivity index (χ1n) is 7.21. The van der Waals surface area contributed by atoms with E-state index in [0.29, 0.717) is 0 Å². The fourth-order valence-electron chi connectivity index (χ4n) is 1.62. The van der Waals surface area contributed by atoms with Gasteiger partial charge in [-0.2, -0.15) is 0 Å². The highest BCUT2D eigenvalue weighted by atomic mass is 16.4. The standard InChI is InChI=1S/C13H22N4O8/c1-5(16-12(24)7(14)3-8(19)20)11(23)17-10(6(2)18)13(25)15-4-9(21)22/h5-7,10,18H,3-4,14H2,1-2H3,(H,15,25)(H,16,24)(H,17,23)(H,19,20)(H,21,22). The highest BCUT2D eigenvalue weighted by Gasteiger charge is 2.29. The average molecular weight is 362 g/mol. The van der Waals surface area contributed by atoms with Crippen molar-refractivity contribution < 1.29 is 39.3 Å². The minimum Gasteiger partial charge on any atom is -0.481 e. The van der Waals surface area contributed by atoms with Crippen LogP contribution in [0.15, 0.2) is 0 Å². The molecule has 12 heteroatoms. The highest BCUT2D eigenvalue weighted by molar-refractivity contribution is 5.94. The smallest absolute Gasteiger partial charge is 0.322 e. The molecule has 0 aromatic carbocycles. The van der Waals surface area contributed by atoms with Gasteiger partial charge in [-0.25, -0.2) is 0 Å². The average Bonchev–Trinajstić information content (AvgIpc) is 2.48. The lowest BCUT2D eigenvalue weighted by Crippen LogP contribution is -2.58. The summed E-state index contributed by atoms with van der Waals surface area (Å²) in [5.41, 5.74) is 5.35. The van der Waals surface area contributed by atoms with Crippen molar-refractivity contribution in [3.8, 4) is 0 Å². The Balaban J connectivity index is 4.73. The van der Waals surface area contributed by atoms with Gasteiger partial charge in [0.2, 0.25) is 17.7 Å². The van der Waals surface area contributed by atoms with E-state index in [9.17, 15) is 29.1 Å². The number of aliphatic hydroxyl groups excluding tert-OH is 1. The van der Waals surface area contributed by atoms with Crippen LogP contribution in [0.1, 0.15) is 20.3 Å². The van der Waals surface area contributed by atoms with Crippen molar-refractivity contribution in [1.29, 1.82) is 0 Å². The van der Waals surface area contributed by atoms with Crippen LogP contribution in [0, 0.1) is 0 Å². The molecule has 0 aliphatic carbocycles. The number of rotatable bonds is 10. The number of carboxylic acids is 2. The summed E-state index contributed by atoms with van der Waals surface area (Å²) in [4.78, 5) is 56.3. The molecule has 0 aromatic heterocycles. The molecule has 0 heterocycles. The summed E-state index contributed by atoms with van der Waals surface area (Å²) in [5.74, 6) is -5.26. The molecule has 0 spiro atoms. The monoisotopic (exact) mass is 362 g/mol. The Morgan fingerprint density at radius 2 is 1.48 bits per heavy atom. The minimum absolute atomic E-state index is 0.631. The van der Waals surface area contributed by atoms with Crippen LogP contribution < -0.4 is 21.7 Å². The topological polar surface area (TPSA) is 208 Å². The fourth-order valence-corrected chi connectivity index (χ4v) is 1.62. The van der Waals surface area contributed by atoms with Gasteiger partial charge in [-0.3, -0.25) is 24.0 Å². The molecule has 25 heavy (non-hydrogen) atoms. The van der Waals surface area contributed by atoms with Crippen LogP contribution in [0.2, 0.25) is 0 Å². The zero-order chi connectivity index (χ0) is 19.7. The summed E-state index contributed by atoms with van der Waals surface area (Å²) in [7, 11) is 0. The van der Waals surface area contributed by atoms with Gasteiger partial charge in [0.05, 0.1) is 18.6 Å². The van der Waals surface area contributed by atoms with Gasteiger partial charge in [0, 0.05) is 0 Å². The van der Waals surface area contributed by atoms with Crippen LogP contribution in [0.4, 0.5) is 0 Å². The number of amides is 3. The van der Waals surface area contributed by atoms with E-state index in [1.807, 2.05) is 5.32 Å².